The molecule has 4 aromatic rings. The van der Waals surface area contributed by atoms with E-state index >= 15 is 0 Å². The molecule has 2 saturated carbocycles. The van der Waals surface area contributed by atoms with Crippen molar-refractivity contribution in [2.24, 2.45) is 5.41 Å². The normalized spacial score (nSPS) is 23.6. The smallest absolute Gasteiger partial charge is 0.259 e. The van der Waals surface area contributed by atoms with Crippen LogP contribution in [0.5, 0.6) is 0 Å². The van der Waals surface area contributed by atoms with Gasteiger partial charge in [-0.3, -0.25) is 4.79 Å². The van der Waals surface area contributed by atoms with Crippen molar-refractivity contribution in [1.29, 1.82) is 0 Å². The topological polar surface area (TPSA) is 97.8 Å². The van der Waals surface area contributed by atoms with Crippen LogP contribution in [0.2, 0.25) is 0 Å². The van der Waals surface area contributed by atoms with Crippen LogP contribution in [0, 0.1) is 5.41 Å². The van der Waals surface area contributed by atoms with Gasteiger partial charge < -0.3 is 19.5 Å². The first kappa shape index (κ1) is 21.3. The van der Waals surface area contributed by atoms with Crippen molar-refractivity contribution in [2.45, 2.75) is 37.3 Å². The van der Waals surface area contributed by atoms with E-state index in [0.717, 1.165) is 67.2 Å². The highest BCUT2D eigenvalue weighted by Crippen LogP contribution is 2.46. The Labute approximate surface area is 211 Å². The minimum Gasteiger partial charge on any atom is -0.380 e. The molecule has 4 aliphatic rings. The average molecular weight is 501 g/mol. The van der Waals surface area contributed by atoms with E-state index in [1.54, 1.807) is 10.7 Å². The third-order valence-corrected chi connectivity index (χ3v) is 8.03. The van der Waals surface area contributed by atoms with Crippen molar-refractivity contribution < 1.29 is 18.4 Å². The number of pyridine rings is 1. The van der Waals surface area contributed by atoms with Crippen LogP contribution in [0.1, 0.15) is 52.9 Å². The van der Waals surface area contributed by atoms with Crippen LogP contribution in [0.4, 0.5) is 15.8 Å². The van der Waals surface area contributed by atoms with Gasteiger partial charge >= 0.3 is 0 Å². The molecule has 2 aliphatic carbocycles. The Hall–Kier alpha value is -3.79. The number of hydrogen-bond donors (Lipinski definition) is 1. The summed E-state index contributed by atoms with van der Waals surface area (Å²) in [4.78, 5) is 20.2. The molecular weight excluding hydrogens is 475 g/mol. The summed E-state index contributed by atoms with van der Waals surface area (Å²) in [5.41, 5.74) is 5.22. The molecule has 9 nitrogen and oxygen atoms in total. The Balaban J connectivity index is 1.08. The van der Waals surface area contributed by atoms with Crippen LogP contribution in [-0.4, -0.2) is 58.1 Å². The van der Waals surface area contributed by atoms with Crippen molar-refractivity contribution >= 4 is 22.8 Å². The molecule has 5 heterocycles. The van der Waals surface area contributed by atoms with Gasteiger partial charge in [0, 0.05) is 36.2 Å². The van der Waals surface area contributed by atoms with Crippen LogP contribution in [0.3, 0.4) is 0 Å². The maximum Gasteiger partial charge on any atom is 0.259 e. The summed E-state index contributed by atoms with van der Waals surface area (Å²) in [6.07, 6.45) is 5.23. The molecule has 1 aromatic carbocycles. The molecule has 8 rings (SSSR count). The predicted molar refractivity (Wildman–Crippen MR) is 133 cm³/mol. The molecule has 0 unspecified atom stereocenters. The van der Waals surface area contributed by atoms with E-state index in [1.165, 1.54) is 0 Å². The number of amides is 1. The van der Waals surface area contributed by atoms with E-state index in [2.05, 4.69) is 25.5 Å². The SMILES string of the molecule is O=C(Nc1cc(-c2noc([C@H]3C[C@@H]3F)n2)ccc1C1CC1)c1cnn2ccc(N3CC4(COC4)C3)cc12. The van der Waals surface area contributed by atoms with E-state index in [1.807, 2.05) is 36.5 Å². The number of carbonyl (C=O) groups excluding carboxylic acids is 1. The lowest BCUT2D eigenvalue weighted by Crippen LogP contribution is -2.66. The summed E-state index contributed by atoms with van der Waals surface area (Å²) >= 11 is 0. The number of nitrogens with zero attached hydrogens (tertiary/aromatic N) is 5. The number of hydrogen-bond acceptors (Lipinski definition) is 7. The zero-order valence-corrected chi connectivity index (χ0v) is 20.1. The minimum atomic E-state index is -0.902. The molecule has 2 aliphatic heterocycles. The average Bonchev–Trinajstić information content (AvgIpc) is 3.72. The zero-order valence-electron chi connectivity index (χ0n) is 20.1. The highest BCUT2D eigenvalue weighted by Gasteiger charge is 2.49. The van der Waals surface area contributed by atoms with Crippen LogP contribution < -0.4 is 10.2 Å². The number of anilines is 2. The third kappa shape index (κ3) is 3.53. The van der Waals surface area contributed by atoms with Crippen molar-refractivity contribution in [3.05, 3.63) is 59.7 Å². The summed E-state index contributed by atoms with van der Waals surface area (Å²) in [5.74, 6) is 0.645. The molecule has 3 aromatic heterocycles. The highest BCUT2D eigenvalue weighted by atomic mass is 19.1. The molecular formula is C27H25FN6O3. The lowest BCUT2D eigenvalue weighted by molar-refractivity contribution is -0.127. The summed E-state index contributed by atoms with van der Waals surface area (Å²) in [5, 5.41) is 11.6. The number of fused-ring (bicyclic) bond motifs is 1. The Morgan fingerprint density at radius 2 is 2.00 bits per heavy atom. The first-order valence-corrected chi connectivity index (χ1v) is 12.8. The van der Waals surface area contributed by atoms with Crippen LogP contribution in [-0.2, 0) is 4.74 Å². The summed E-state index contributed by atoms with van der Waals surface area (Å²) < 4.78 is 25.8. The Bertz CT molecular complexity index is 1550. The molecule has 0 bridgehead atoms. The van der Waals surface area contributed by atoms with Gasteiger partial charge in [0.25, 0.3) is 5.91 Å². The maximum atomic E-state index is 13.5. The van der Waals surface area contributed by atoms with Crippen molar-refractivity contribution in [1.82, 2.24) is 19.8 Å². The number of alkyl halides is 1. The first-order chi connectivity index (χ1) is 18.1. The first-order valence-electron chi connectivity index (χ1n) is 12.8. The van der Waals surface area contributed by atoms with E-state index in [9.17, 15) is 9.18 Å². The number of carbonyl (C=O) groups is 1. The van der Waals surface area contributed by atoms with Crippen LogP contribution in [0.25, 0.3) is 16.9 Å². The molecule has 1 N–H and O–H groups in total. The largest absolute Gasteiger partial charge is 0.380 e. The molecule has 2 atom stereocenters. The van der Waals surface area contributed by atoms with E-state index in [-0.39, 0.29) is 11.8 Å². The van der Waals surface area contributed by atoms with Gasteiger partial charge in [-0.1, -0.05) is 17.3 Å². The second kappa shape index (κ2) is 7.61. The molecule has 0 radical (unpaired) electrons. The molecule has 4 fully saturated rings. The minimum absolute atomic E-state index is 0.217. The number of rotatable bonds is 6. The van der Waals surface area contributed by atoms with Crippen molar-refractivity contribution in [2.75, 3.05) is 36.5 Å². The fourth-order valence-corrected chi connectivity index (χ4v) is 5.53. The predicted octanol–water partition coefficient (Wildman–Crippen LogP) is 4.18. The summed E-state index contributed by atoms with van der Waals surface area (Å²) in [6, 6.07) is 9.91. The molecule has 10 heteroatoms. The third-order valence-electron chi connectivity index (χ3n) is 8.03. The van der Waals surface area contributed by atoms with E-state index < -0.39 is 6.17 Å². The Morgan fingerprint density at radius 3 is 2.73 bits per heavy atom. The number of nitrogens with one attached hydrogen (secondary N) is 1. The zero-order chi connectivity index (χ0) is 24.7. The van der Waals surface area contributed by atoms with Gasteiger partial charge in [-0.2, -0.15) is 10.1 Å². The summed E-state index contributed by atoms with van der Waals surface area (Å²) in [7, 11) is 0. The van der Waals surface area contributed by atoms with E-state index in [4.69, 9.17) is 9.26 Å². The second-order valence-electron chi connectivity index (χ2n) is 11.0. The van der Waals surface area contributed by atoms with Crippen molar-refractivity contribution in [3.8, 4) is 11.4 Å². The standard InChI is InChI=1S/C27H25FN6O3/c28-21-9-19(21)26-31-24(32-37-26)16-3-4-18(15-1-2-15)22(7-16)30-25(35)20-10-29-34-6-5-17(8-23(20)34)33-11-27(12-33)13-36-14-27/h3-8,10,15,19,21H,1-2,9,11-14H2,(H,30,35)/t19-,21-/m0/s1. The number of benzene rings is 1. The van der Waals surface area contributed by atoms with Crippen LogP contribution >= 0.6 is 0 Å². The monoisotopic (exact) mass is 500 g/mol. The highest BCUT2D eigenvalue weighted by molar-refractivity contribution is 6.09. The van der Waals surface area contributed by atoms with Gasteiger partial charge in [-0.25, -0.2) is 8.91 Å². The number of halogens is 1. The lowest BCUT2D eigenvalue weighted by Gasteiger charge is -2.56. The van der Waals surface area contributed by atoms with Gasteiger partial charge in [-0.15, -0.1) is 0 Å². The Morgan fingerprint density at radius 1 is 1.16 bits per heavy atom. The number of aromatic nitrogens is 4. The van der Waals surface area contributed by atoms with Gasteiger partial charge in [-0.05, 0) is 48.9 Å². The quantitative estimate of drug-likeness (QED) is 0.424. The molecule has 1 amide bonds. The fourth-order valence-electron chi connectivity index (χ4n) is 5.53. The summed E-state index contributed by atoms with van der Waals surface area (Å²) in [6.45, 7) is 3.61. The van der Waals surface area contributed by atoms with Crippen LogP contribution in [0.15, 0.2) is 47.2 Å². The van der Waals surface area contributed by atoms with Gasteiger partial charge in [0.05, 0.1) is 41.8 Å². The molecule has 1 spiro atoms. The maximum absolute atomic E-state index is 13.5. The van der Waals surface area contributed by atoms with E-state index in [0.29, 0.717) is 35.0 Å². The molecule has 37 heavy (non-hydrogen) atoms. The fraction of sp³-hybridized carbons (Fsp3) is 0.407. The van der Waals surface area contributed by atoms with Crippen molar-refractivity contribution in [3.63, 3.8) is 0 Å². The van der Waals surface area contributed by atoms with Gasteiger partial charge in [0.1, 0.15) is 6.17 Å². The second-order valence-corrected chi connectivity index (χ2v) is 11.0. The van der Waals surface area contributed by atoms with Gasteiger partial charge in [0.2, 0.25) is 11.7 Å². The number of ether oxygens (including phenoxy) is 1. The Kier molecular flexibility index (Phi) is 4.38. The lowest BCUT2D eigenvalue weighted by atomic mass is 9.78. The molecule has 2 saturated heterocycles. The molecule has 188 valence electrons. The van der Waals surface area contributed by atoms with Gasteiger partial charge in [0.15, 0.2) is 0 Å².